The molecule has 2 N–H and O–H groups in total. The minimum absolute atomic E-state index is 0.0421. The Kier molecular flexibility index (Phi) is 7.18. The summed E-state index contributed by atoms with van der Waals surface area (Å²) in [7, 11) is 3.37. The fourth-order valence-electron chi connectivity index (χ4n) is 4.59. The van der Waals surface area contributed by atoms with Crippen molar-refractivity contribution in [1.29, 1.82) is 0 Å². The van der Waals surface area contributed by atoms with Gasteiger partial charge in [-0.2, -0.15) is 0 Å². The van der Waals surface area contributed by atoms with E-state index < -0.39 is 0 Å². The molecule has 2 aliphatic rings. The fourth-order valence-corrected chi connectivity index (χ4v) is 4.59. The maximum atomic E-state index is 12.9. The van der Waals surface area contributed by atoms with Gasteiger partial charge in [-0.25, -0.2) is 0 Å². The van der Waals surface area contributed by atoms with Crippen molar-refractivity contribution >= 4 is 5.91 Å². The second-order valence-corrected chi connectivity index (χ2v) is 8.28. The third-order valence-electron chi connectivity index (χ3n) is 6.48. The smallest absolute Gasteiger partial charge is 0.223 e. The Morgan fingerprint density at radius 1 is 1.07 bits per heavy atom. The van der Waals surface area contributed by atoms with E-state index in [1.165, 1.54) is 19.3 Å². The highest BCUT2D eigenvalue weighted by atomic mass is 16.5. The van der Waals surface area contributed by atoms with Crippen LogP contribution in [0.5, 0.6) is 11.5 Å². The average Bonchev–Trinajstić information content (AvgIpc) is 2.74. The number of methoxy groups -OCH3 is 2. The first-order valence-electron chi connectivity index (χ1n) is 10.5. The van der Waals surface area contributed by atoms with Crippen LogP contribution in [0.1, 0.15) is 44.1 Å². The first kappa shape index (κ1) is 20.9. The average molecular weight is 390 g/mol. The maximum Gasteiger partial charge on any atom is 0.223 e. The first-order chi connectivity index (χ1) is 13.6. The third kappa shape index (κ3) is 4.97. The van der Waals surface area contributed by atoms with Gasteiger partial charge in [0.25, 0.3) is 0 Å². The van der Waals surface area contributed by atoms with Gasteiger partial charge in [0.15, 0.2) is 0 Å². The molecular formula is C22H35N3O3. The van der Waals surface area contributed by atoms with Gasteiger partial charge in [-0.1, -0.05) is 19.3 Å². The van der Waals surface area contributed by atoms with Crippen LogP contribution < -0.4 is 15.2 Å². The van der Waals surface area contributed by atoms with Crippen molar-refractivity contribution in [2.75, 3.05) is 46.9 Å². The quantitative estimate of drug-likeness (QED) is 0.776. The molecule has 1 aromatic rings. The molecule has 0 radical (unpaired) electrons. The van der Waals surface area contributed by atoms with Crippen LogP contribution in [0.15, 0.2) is 18.2 Å². The minimum atomic E-state index is 0.0421. The molecule has 6 nitrogen and oxygen atoms in total. The molecule has 2 fully saturated rings. The monoisotopic (exact) mass is 389 g/mol. The van der Waals surface area contributed by atoms with E-state index in [1.54, 1.807) is 14.2 Å². The van der Waals surface area contributed by atoms with Gasteiger partial charge in [0.05, 0.1) is 14.2 Å². The maximum absolute atomic E-state index is 12.9. The number of amides is 1. The Bertz CT molecular complexity index is 650. The van der Waals surface area contributed by atoms with E-state index in [2.05, 4.69) is 4.90 Å². The van der Waals surface area contributed by atoms with Gasteiger partial charge in [0, 0.05) is 44.7 Å². The normalized spacial score (nSPS) is 20.0. The van der Waals surface area contributed by atoms with Gasteiger partial charge in [0.1, 0.15) is 11.5 Å². The number of nitrogens with two attached hydrogens (primary N) is 1. The zero-order valence-electron chi connectivity index (χ0n) is 17.4. The molecule has 6 heteroatoms. The summed E-state index contributed by atoms with van der Waals surface area (Å²) in [6.45, 7) is 4.75. The van der Waals surface area contributed by atoms with E-state index in [0.29, 0.717) is 13.0 Å². The molecule has 1 aliphatic carbocycles. The molecule has 0 unspecified atom stereocenters. The van der Waals surface area contributed by atoms with Crippen LogP contribution in [-0.2, 0) is 11.3 Å². The number of hydrogen-bond donors (Lipinski definition) is 1. The van der Waals surface area contributed by atoms with E-state index in [9.17, 15) is 4.79 Å². The predicted octanol–water partition coefficient (Wildman–Crippen LogP) is 2.65. The number of benzene rings is 1. The van der Waals surface area contributed by atoms with Crippen molar-refractivity contribution in [3.05, 3.63) is 23.8 Å². The van der Waals surface area contributed by atoms with Gasteiger partial charge in [0.2, 0.25) is 5.91 Å². The molecule has 3 rings (SSSR count). The van der Waals surface area contributed by atoms with E-state index in [1.807, 2.05) is 23.1 Å². The Hall–Kier alpha value is -1.79. The van der Waals surface area contributed by atoms with Crippen molar-refractivity contribution in [3.63, 3.8) is 0 Å². The Labute approximate surface area is 169 Å². The standard InChI is InChI=1S/C22H35N3O3/c1-27-19-6-7-20(28-2)18(14-19)16-24-10-12-25(13-11-24)21(26)15-22(17-23)8-4-3-5-9-22/h6-7,14H,3-5,8-13,15-17,23H2,1-2H3. The van der Waals surface area contributed by atoms with E-state index in [4.69, 9.17) is 15.2 Å². The lowest BCUT2D eigenvalue weighted by molar-refractivity contribution is -0.136. The third-order valence-corrected chi connectivity index (χ3v) is 6.48. The molecule has 1 aliphatic heterocycles. The summed E-state index contributed by atoms with van der Waals surface area (Å²) in [4.78, 5) is 17.3. The molecule has 0 bridgehead atoms. The topological polar surface area (TPSA) is 68.0 Å². The highest BCUT2D eigenvalue weighted by molar-refractivity contribution is 5.77. The molecule has 0 aromatic heterocycles. The van der Waals surface area contributed by atoms with Crippen LogP contribution in [0.4, 0.5) is 0 Å². The largest absolute Gasteiger partial charge is 0.497 e. The number of carbonyl (C=O) groups excluding carboxylic acids is 1. The summed E-state index contributed by atoms with van der Waals surface area (Å²) < 4.78 is 10.8. The number of hydrogen-bond acceptors (Lipinski definition) is 5. The van der Waals surface area contributed by atoms with Crippen molar-refractivity contribution < 1.29 is 14.3 Å². The lowest BCUT2D eigenvalue weighted by Gasteiger charge is -2.40. The zero-order valence-corrected chi connectivity index (χ0v) is 17.4. The summed E-state index contributed by atoms with van der Waals surface area (Å²) in [6.07, 6.45) is 6.52. The van der Waals surface area contributed by atoms with Crippen LogP contribution in [0, 0.1) is 5.41 Å². The van der Waals surface area contributed by atoms with Gasteiger partial charge in [-0.05, 0) is 43.0 Å². The SMILES string of the molecule is COc1ccc(OC)c(CN2CCN(C(=O)CC3(CN)CCCCC3)CC2)c1. The molecule has 1 saturated carbocycles. The summed E-state index contributed by atoms with van der Waals surface area (Å²) in [5.74, 6) is 2.00. The number of nitrogens with zero attached hydrogens (tertiary/aromatic N) is 2. The van der Waals surface area contributed by atoms with Crippen molar-refractivity contribution in [1.82, 2.24) is 9.80 Å². The Balaban J connectivity index is 1.54. The van der Waals surface area contributed by atoms with E-state index >= 15 is 0 Å². The lowest BCUT2D eigenvalue weighted by atomic mass is 9.71. The molecule has 0 atom stereocenters. The number of piperazine rings is 1. The summed E-state index contributed by atoms with van der Waals surface area (Å²) >= 11 is 0. The molecule has 1 heterocycles. The van der Waals surface area contributed by atoms with Gasteiger partial charge in [-0.15, -0.1) is 0 Å². The minimum Gasteiger partial charge on any atom is -0.497 e. The highest BCUT2D eigenvalue weighted by Gasteiger charge is 2.35. The second kappa shape index (κ2) is 9.61. The highest BCUT2D eigenvalue weighted by Crippen LogP contribution is 2.38. The second-order valence-electron chi connectivity index (χ2n) is 8.28. The summed E-state index contributed by atoms with van der Waals surface area (Å²) in [5.41, 5.74) is 7.23. The predicted molar refractivity (Wildman–Crippen MR) is 111 cm³/mol. The van der Waals surface area contributed by atoms with Crippen molar-refractivity contribution in [2.24, 2.45) is 11.1 Å². The number of carbonyl (C=O) groups is 1. The summed E-state index contributed by atoms with van der Waals surface area (Å²) in [5, 5.41) is 0. The molecule has 28 heavy (non-hydrogen) atoms. The van der Waals surface area contributed by atoms with Crippen LogP contribution in [0.2, 0.25) is 0 Å². The first-order valence-corrected chi connectivity index (χ1v) is 10.5. The lowest BCUT2D eigenvalue weighted by Crippen LogP contribution is -2.50. The fraction of sp³-hybridized carbons (Fsp3) is 0.682. The number of rotatable bonds is 7. The molecular weight excluding hydrogens is 354 g/mol. The Morgan fingerprint density at radius 3 is 2.39 bits per heavy atom. The van der Waals surface area contributed by atoms with Gasteiger partial charge in [-0.3, -0.25) is 9.69 Å². The Morgan fingerprint density at radius 2 is 1.79 bits per heavy atom. The molecule has 156 valence electrons. The van der Waals surface area contributed by atoms with Crippen molar-refractivity contribution in [2.45, 2.75) is 45.1 Å². The van der Waals surface area contributed by atoms with Crippen LogP contribution in [0.25, 0.3) is 0 Å². The molecule has 1 amide bonds. The van der Waals surface area contributed by atoms with Gasteiger partial charge < -0.3 is 20.1 Å². The van der Waals surface area contributed by atoms with E-state index in [0.717, 1.165) is 62.6 Å². The summed E-state index contributed by atoms with van der Waals surface area (Å²) in [6, 6.07) is 5.90. The zero-order chi connectivity index (χ0) is 20.0. The van der Waals surface area contributed by atoms with E-state index in [-0.39, 0.29) is 11.3 Å². The van der Waals surface area contributed by atoms with Crippen LogP contribution in [0.3, 0.4) is 0 Å². The molecule has 1 saturated heterocycles. The number of ether oxygens (including phenoxy) is 2. The van der Waals surface area contributed by atoms with Crippen molar-refractivity contribution in [3.8, 4) is 11.5 Å². The van der Waals surface area contributed by atoms with Crippen LogP contribution >= 0.6 is 0 Å². The molecule has 0 spiro atoms. The molecule has 1 aromatic carbocycles. The van der Waals surface area contributed by atoms with Gasteiger partial charge >= 0.3 is 0 Å². The van der Waals surface area contributed by atoms with Crippen LogP contribution in [-0.4, -0.2) is 62.7 Å².